The van der Waals surface area contributed by atoms with Crippen LogP contribution >= 0.6 is 11.6 Å². The van der Waals surface area contributed by atoms with Crippen molar-refractivity contribution in [2.75, 3.05) is 18.4 Å². The zero-order valence-electron chi connectivity index (χ0n) is 11.1. The maximum Gasteiger partial charge on any atom is 0.407 e. The number of anilines is 1. The zero-order chi connectivity index (χ0) is 14.7. The van der Waals surface area contributed by atoms with E-state index in [0.29, 0.717) is 31.6 Å². The Labute approximate surface area is 121 Å². The number of halogens is 1. The molecule has 1 aliphatic rings. The number of nitrogens with one attached hydrogen (secondary N) is 1. The van der Waals surface area contributed by atoms with Crippen LogP contribution in [0.3, 0.4) is 0 Å². The van der Waals surface area contributed by atoms with Gasteiger partial charge < -0.3 is 15.3 Å². The standard InChI is InChI=1S/C13H16ClN3O3/c1-8-2-3-10(11(14)15-8)16-12(18)9-4-6-17(7-5-9)13(19)20/h2-3,9H,4-7H2,1H3,(H,16,18)(H,19,20). The van der Waals surface area contributed by atoms with Crippen molar-refractivity contribution in [3.05, 3.63) is 23.0 Å². The third kappa shape index (κ3) is 3.39. The SMILES string of the molecule is Cc1ccc(NC(=O)C2CCN(C(=O)O)CC2)c(Cl)n1. The van der Waals surface area contributed by atoms with E-state index in [9.17, 15) is 9.59 Å². The predicted molar refractivity (Wildman–Crippen MR) is 74.9 cm³/mol. The number of aromatic nitrogens is 1. The van der Waals surface area contributed by atoms with Gasteiger partial charge in [-0.2, -0.15) is 0 Å². The van der Waals surface area contributed by atoms with E-state index in [-0.39, 0.29) is 17.0 Å². The largest absolute Gasteiger partial charge is 0.465 e. The maximum absolute atomic E-state index is 12.1. The topological polar surface area (TPSA) is 82.5 Å². The van der Waals surface area contributed by atoms with E-state index in [1.807, 2.05) is 6.92 Å². The van der Waals surface area contributed by atoms with Crippen LogP contribution in [-0.4, -0.2) is 40.1 Å². The van der Waals surface area contributed by atoms with Crippen LogP contribution in [0.2, 0.25) is 5.15 Å². The number of hydrogen-bond acceptors (Lipinski definition) is 3. The first-order chi connectivity index (χ1) is 9.47. The Morgan fingerprint density at radius 2 is 2.05 bits per heavy atom. The average molecular weight is 298 g/mol. The highest BCUT2D eigenvalue weighted by Gasteiger charge is 2.27. The van der Waals surface area contributed by atoms with Gasteiger partial charge in [-0.3, -0.25) is 4.79 Å². The van der Waals surface area contributed by atoms with Gasteiger partial charge in [-0.1, -0.05) is 11.6 Å². The van der Waals surface area contributed by atoms with Crippen molar-refractivity contribution in [1.29, 1.82) is 0 Å². The van der Waals surface area contributed by atoms with Crippen LogP contribution in [0.15, 0.2) is 12.1 Å². The summed E-state index contributed by atoms with van der Waals surface area (Å²) in [5.41, 5.74) is 1.27. The summed E-state index contributed by atoms with van der Waals surface area (Å²) in [4.78, 5) is 28.3. The fourth-order valence-electron chi connectivity index (χ4n) is 2.19. The quantitative estimate of drug-likeness (QED) is 0.821. The van der Waals surface area contributed by atoms with Crippen molar-refractivity contribution < 1.29 is 14.7 Å². The van der Waals surface area contributed by atoms with Crippen molar-refractivity contribution in [1.82, 2.24) is 9.88 Å². The normalized spacial score (nSPS) is 16.0. The van der Waals surface area contributed by atoms with Gasteiger partial charge in [-0.25, -0.2) is 9.78 Å². The Kier molecular flexibility index (Phi) is 4.44. The minimum absolute atomic E-state index is 0.136. The number of rotatable bonds is 2. The van der Waals surface area contributed by atoms with Crippen LogP contribution in [-0.2, 0) is 4.79 Å². The second kappa shape index (κ2) is 6.09. The van der Waals surface area contributed by atoms with E-state index in [1.54, 1.807) is 12.1 Å². The molecule has 0 radical (unpaired) electrons. The third-order valence-electron chi connectivity index (χ3n) is 3.38. The first-order valence-electron chi connectivity index (χ1n) is 6.39. The number of carbonyl (C=O) groups is 2. The van der Waals surface area contributed by atoms with E-state index < -0.39 is 6.09 Å². The Morgan fingerprint density at radius 3 is 2.60 bits per heavy atom. The Bertz CT molecular complexity index is 528. The highest BCUT2D eigenvalue weighted by molar-refractivity contribution is 6.32. The van der Waals surface area contributed by atoms with Crippen LogP contribution in [0.25, 0.3) is 0 Å². The van der Waals surface area contributed by atoms with Crippen molar-refractivity contribution in [3.8, 4) is 0 Å². The molecule has 1 aliphatic heterocycles. The molecule has 1 saturated heterocycles. The predicted octanol–water partition coefficient (Wildman–Crippen LogP) is 2.37. The van der Waals surface area contributed by atoms with Gasteiger partial charge in [0.05, 0.1) is 5.69 Å². The first kappa shape index (κ1) is 14.6. The highest BCUT2D eigenvalue weighted by Crippen LogP contribution is 2.23. The molecular weight excluding hydrogens is 282 g/mol. The second-order valence-corrected chi connectivity index (χ2v) is 5.18. The Morgan fingerprint density at radius 1 is 1.40 bits per heavy atom. The van der Waals surface area contributed by atoms with Crippen molar-refractivity contribution in [2.24, 2.45) is 5.92 Å². The number of piperidine rings is 1. The van der Waals surface area contributed by atoms with Gasteiger partial charge in [0.15, 0.2) is 5.15 Å². The summed E-state index contributed by atoms with van der Waals surface area (Å²) in [6.07, 6.45) is 0.110. The van der Waals surface area contributed by atoms with Crippen LogP contribution in [0.5, 0.6) is 0 Å². The number of nitrogens with zero attached hydrogens (tertiary/aromatic N) is 2. The van der Waals surface area contributed by atoms with Gasteiger partial charge in [0.2, 0.25) is 5.91 Å². The van der Waals surface area contributed by atoms with Crippen LogP contribution in [0.1, 0.15) is 18.5 Å². The summed E-state index contributed by atoms with van der Waals surface area (Å²) >= 11 is 5.97. The minimum atomic E-state index is -0.936. The average Bonchev–Trinajstić information content (AvgIpc) is 2.42. The van der Waals surface area contributed by atoms with Gasteiger partial charge in [0.1, 0.15) is 0 Å². The molecule has 7 heteroatoms. The lowest BCUT2D eigenvalue weighted by Crippen LogP contribution is -2.40. The smallest absolute Gasteiger partial charge is 0.407 e. The fourth-order valence-corrected chi connectivity index (χ4v) is 2.43. The Balaban J connectivity index is 1.94. The molecule has 2 rings (SSSR count). The number of hydrogen-bond donors (Lipinski definition) is 2. The van der Waals surface area contributed by atoms with E-state index in [0.717, 1.165) is 5.69 Å². The van der Waals surface area contributed by atoms with Crippen molar-refractivity contribution >= 4 is 29.3 Å². The lowest BCUT2D eigenvalue weighted by Gasteiger charge is -2.29. The minimum Gasteiger partial charge on any atom is -0.465 e. The molecule has 108 valence electrons. The van der Waals surface area contributed by atoms with Gasteiger partial charge in [0, 0.05) is 24.7 Å². The number of carboxylic acid groups (broad SMARTS) is 1. The van der Waals surface area contributed by atoms with Crippen LogP contribution < -0.4 is 5.32 Å². The molecule has 0 bridgehead atoms. The first-order valence-corrected chi connectivity index (χ1v) is 6.77. The summed E-state index contributed by atoms with van der Waals surface area (Å²) in [6, 6.07) is 3.49. The monoisotopic (exact) mass is 297 g/mol. The van der Waals surface area contributed by atoms with Crippen LogP contribution in [0.4, 0.5) is 10.5 Å². The molecule has 2 N–H and O–H groups in total. The number of amides is 2. The van der Waals surface area contributed by atoms with E-state index >= 15 is 0 Å². The molecule has 1 fully saturated rings. The van der Waals surface area contributed by atoms with E-state index in [4.69, 9.17) is 16.7 Å². The van der Waals surface area contributed by atoms with E-state index in [1.165, 1.54) is 4.90 Å². The fraction of sp³-hybridized carbons (Fsp3) is 0.462. The number of likely N-dealkylation sites (tertiary alicyclic amines) is 1. The molecule has 0 atom stereocenters. The molecule has 0 saturated carbocycles. The molecule has 2 amide bonds. The van der Waals surface area contributed by atoms with Gasteiger partial charge in [-0.15, -0.1) is 0 Å². The highest BCUT2D eigenvalue weighted by atomic mass is 35.5. The molecule has 0 aromatic carbocycles. The summed E-state index contributed by atoms with van der Waals surface area (Å²) < 4.78 is 0. The lowest BCUT2D eigenvalue weighted by atomic mass is 9.96. The molecule has 20 heavy (non-hydrogen) atoms. The zero-order valence-corrected chi connectivity index (χ0v) is 11.9. The molecule has 0 unspecified atom stereocenters. The molecule has 0 spiro atoms. The number of aryl methyl sites for hydroxylation is 1. The van der Waals surface area contributed by atoms with Gasteiger partial charge in [-0.05, 0) is 31.9 Å². The molecular formula is C13H16ClN3O3. The van der Waals surface area contributed by atoms with Crippen LogP contribution in [0, 0.1) is 12.8 Å². The maximum atomic E-state index is 12.1. The van der Waals surface area contributed by atoms with Gasteiger partial charge in [0.25, 0.3) is 0 Å². The van der Waals surface area contributed by atoms with Gasteiger partial charge >= 0.3 is 6.09 Å². The molecule has 6 nitrogen and oxygen atoms in total. The number of carbonyl (C=O) groups excluding carboxylic acids is 1. The molecule has 1 aromatic heterocycles. The summed E-state index contributed by atoms with van der Waals surface area (Å²) in [5, 5.41) is 11.9. The molecule has 2 heterocycles. The summed E-state index contributed by atoms with van der Waals surface area (Å²) in [6.45, 7) is 2.58. The second-order valence-electron chi connectivity index (χ2n) is 4.82. The molecule has 0 aliphatic carbocycles. The number of pyridine rings is 1. The Hall–Kier alpha value is -1.82. The van der Waals surface area contributed by atoms with Crippen molar-refractivity contribution in [3.63, 3.8) is 0 Å². The molecule has 1 aromatic rings. The summed E-state index contributed by atoms with van der Waals surface area (Å²) in [7, 11) is 0. The van der Waals surface area contributed by atoms with E-state index in [2.05, 4.69) is 10.3 Å². The lowest BCUT2D eigenvalue weighted by molar-refractivity contribution is -0.121. The third-order valence-corrected chi connectivity index (χ3v) is 3.67. The summed E-state index contributed by atoms with van der Waals surface area (Å²) in [5.74, 6) is -0.328. The van der Waals surface area contributed by atoms with Crippen molar-refractivity contribution in [2.45, 2.75) is 19.8 Å².